The minimum absolute atomic E-state index is 0.140. The Morgan fingerprint density at radius 2 is 2.23 bits per heavy atom. The molecule has 3 aromatic rings. The molecule has 0 spiro atoms. The van der Waals surface area contributed by atoms with Crippen molar-refractivity contribution in [2.75, 3.05) is 28.8 Å². The van der Waals surface area contributed by atoms with Gasteiger partial charge in [-0.25, -0.2) is 9.97 Å². The Labute approximate surface area is 195 Å². The van der Waals surface area contributed by atoms with Crippen LogP contribution in [0.25, 0.3) is 0 Å². The number of alkyl halides is 1. The maximum Gasteiger partial charge on any atom is 0.233 e. The van der Waals surface area contributed by atoms with E-state index >= 15 is 0 Å². The van der Waals surface area contributed by atoms with E-state index in [1.54, 1.807) is 29.2 Å². The highest BCUT2D eigenvalue weighted by Gasteiger charge is 2.16. The predicted molar refractivity (Wildman–Crippen MR) is 125 cm³/mol. The van der Waals surface area contributed by atoms with Gasteiger partial charge in [0.15, 0.2) is 5.75 Å². The summed E-state index contributed by atoms with van der Waals surface area (Å²) < 4.78 is 10.3. The van der Waals surface area contributed by atoms with Crippen LogP contribution in [0.2, 0.25) is 5.02 Å². The van der Waals surface area contributed by atoms with Gasteiger partial charge in [0, 0.05) is 18.6 Å². The SMILES string of the molecule is CSNc1nccc(CNc2cnn(C(C)c3cc(Cl)c(OCCCl)c(C#N)c3)c2)n1. The fraction of sp³-hybridized carbons (Fsp3) is 0.300. The Kier molecular flexibility index (Phi) is 8.23. The van der Waals surface area contributed by atoms with Crippen LogP contribution in [-0.2, 0) is 6.54 Å². The molecule has 0 aliphatic carbocycles. The lowest BCUT2D eigenvalue weighted by molar-refractivity contribution is 0.341. The zero-order chi connectivity index (χ0) is 22.2. The average molecular weight is 478 g/mol. The van der Waals surface area contributed by atoms with Crippen LogP contribution in [0.15, 0.2) is 36.8 Å². The van der Waals surface area contributed by atoms with Crippen molar-refractivity contribution in [2.45, 2.75) is 19.5 Å². The normalized spacial score (nSPS) is 11.6. The average Bonchev–Trinajstić information content (AvgIpc) is 3.25. The summed E-state index contributed by atoms with van der Waals surface area (Å²) in [5.41, 5.74) is 2.91. The van der Waals surface area contributed by atoms with Crippen LogP contribution in [0, 0.1) is 11.3 Å². The molecule has 0 amide bonds. The molecule has 31 heavy (non-hydrogen) atoms. The Bertz CT molecular complexity index is 1070. The predicted octanol–water partition coefficient (Wildman–Crippen LogP) is 4.73. The Morgan fingerprint density at radius 3 is 2.97 bits per heavy atom. The number of rotatable bonds is 10. The number of hydrogen-bond acceptors (Lipinski definition) is 8. The van der Waals surface area contributed by atoms with Crippen molar-refractivity contribution < 1.29 is 4.74 Å². The van der Waals surface area contributed by atoms with Gasteiger partial charge in [-0.1, -0.05) is 23.5 Å². The largest absolute Gasteiger partial charge is 0.489 e. The third-order valence-corrected chi connectivity index (χ3v) is 5.19. The number of anilines is 2. The van der Waals surface area contributed by atoms with Gasteiger partial charge < -0.3 is 10.1 Å². The van der Waals surface area contributed by atoms with E-state index in [9.17, 15) is 5.26 Å². The van der Waals surface area contributed by atoms with Gasteiger partial charge in [-0.2, -0.15) is 10.4 Å². The summed E-state index contributed by atoms with van der Waals surface area (Å²) in [6, 6.07) is 7.39. The molecule has 2 N–H and O–H groups in total. The van der Waals surface area contributed by atoms with Crippen LogP contribution in [0.3, 0.4) is 0 Å². The monoisotopic (exact) mass is 477 g/mol. The highest BCUT2D eigenvalue weighted by molar-refractivity contribution is 7.99. The number of nitrogens with zero attached hydrogens (tertiary/aromatic N) is 5. The molecule has 1 atom stereocenters. The molecule has 11 heteroatoms. The van der Waals surface area contributed by atoms with E-state index < -0.39 is 0 Å². The molecule has 0 saturated heterocycles. The van der Waals surface area contributed by atoms with Gasteiger partial charge in [0.1, 0.15) is 12.7 Å². The summed E-state index contributed by atoms with van der Waals surface area (Å²) in [7, 11) is 0. The van der Waals surface area contributed by atoms with Gasteiger partial charge in [-0.3, -0.25) is 9.40 Å². The fourth-order valence-corrected chi connectivity index (χ4v) is 3.49. The lowest BCUT2D eigenvalue weighted by Gasteiger charge is -2.16. The van der Waals surface area contributed by atoms with Crippen LogP contribution in [0.4, 0.5) is 11.6 Å². The van der Waals surface area contributed by atoms with Crippen LogP contribution < -0.4 is 14.8 Å². The van der Waals surface area contributed by atoms with E-state index in [1.807, 2.05) is 25.4 Å². The molecule has 0 aliphatic rings. The molecule has 0 radical (unpaired) electrons. The number of nitrogens with one attached hydrogen (secondary N) is 2. The molecule has 2 heterocycles. The Morgan fingerprint density at radius 1 is 1.39 bits per heavy atom. The van der Waals surface area contributed by atoms with Crippen molar-refractivity contribution in [3.63, 3.8) is 0 Å². The van der Waals surface area contributed by atoms with Crippen molar-refractivity contribution in [3.05, 3.63) is 58.6 Å². The molecule has 1 aromatic carbocycles. The van der Waals surface area contributed by atoms with Crippen molar-refractivity contribution in [3.8, 4) is 11.8 Å². The maximum absolute atomic E-state index is 9.48. The zero-order valence-corrected chi connectivity index (χ0v) is 19.3. The summed E-state index contributed by atoms with van der Waals surface area (Å²) in [5.74, 6) is 1.23. The second-order valence-corrected chi connectivity index (χ2v) is 7.84. The molecule has 0 fully saturated rings. The van der Waals surface area contributed by atoms with Crippen LogP contribution >= 0.6 is 35.1 Å². The third kappa shape index (κ3) is 5.94. The van der Waals surface area contributed by atoms with Gasteiger partial charge in [-0.15, -0.1) is 11.6 Å². The van der Waals surface area contributed by atoms with E-state index in [0.29, 0.717) is 34.7 Å². The molecule has 1 unspecified atom stereocenters. The van der Waals surface area contributed by atoms with Gasteiger partial charge >= 0.3 is 0 Å². The first-order valence-corrected chi connectivity index (χ1v) is 11.5. The van der Waals surface area contributed by atoms with Crippen molar-refractivity contribution in [1.82, 2.24) is 19.7 Å². The first-order valence-electron chi connectivity index (χ1n) is 9.37. The van der Waals surface area contributed by atoms with E-state index in [2.05, 4.69) is 31.2 Å². The topological polar surface area (TPSA) is 101 Å². The summed E-state index contributed by atoms with van der Waals surface area (Å²) in [6.45, 7) is 2.79. The van der Waals surface area contributed by atoms with Gasteiger partial charge in [0.2, 0.25) is 5.95 Å². The molecule has 3 rings (SSSR count). The van der Waals surface area contributed by atoms with Crippen molar-refractivity contribution in [2.24, 2.45) is 0 Å². The maximum atomic E-state index is 9.48. The minimum atomic E-state index is -0.140. The number of ether oxygens (including phenoxy) is 1. The first kappa shape index (κ1) is 23.0. The molecule has 0 bridgehead atoms. The molecular weight excluding hydrogens is 457 g/mol. The summed E-state index contributed by atoms with van der Waals surface area (Å²) >= 11 is 13.5. The van der Waals surface area contributed by atoms with Crippen molar-refractivity contribution in [1.29, 1.82) is 5.26 Å². The van der Waals surface area contributed by atoms with E-state index in [4.69, 9.17) is 27.9 Å². The summed E-state index contributed by atoms with van der Waals surface area (Å²) in [4.78, 5) is 8.58. The molecule has 8 nitrogen and oxygen atoms in total. The molecule has 2 aromatic heterocycles. The lowest BCUT2D eigenvalue weighted by atomic mass is 10.0. The smallest absolute Gasteiger partial charge is 0.233 e. The van der Waals surface area contributed by atoms with Gasteiger partial charge in [-0.05, 0) is 30.7 Å². The van der Waals surface area contributed by atoms with Crippen LogP contribution in [-0.4, -0.2) is 38.5 Å². The number of nitriles is 1. The lowest BCUT2D eigenvalue weighted by Crippen LogP contribution is -2.09. The second kappa shape index (κ2) is 11.1. The molecular formula is C20H21Cl2N7OS. The quantitative estimate of drug-likeness (QED) is 0.319. The minimum Gasteiger partial charge on any atom is -0.489 e. The van der Waals surface area contributed by atoms with Gasteiger partial charge in [0.05, 0.1) is 46.6 Å². The van der Waals surface area contributed by atoms with Crippen molar-refractivity contribution >= 4 is 46.8 Å². The number of hydrogen-bond donors (Lipinski definition) is 2. The number of aromatic nitrogens is 4. The third-order valence-electron chi connectivity index (χ3n) is 4.37. The molecule has 0 saturated carbocycles. The zero-order valence-electron chi connectivity index (χ0n) is 17.0. The highest BCUT2D eigenvalue weighted by Crippen LogP contribution is 2.33. The Balaban J connectivity index is 1.71. The Hall–Kier alpha value is -2.67. The first-order chi connectivity index (χ1) is 15.0. The van der Waals surface area contributed by atoms with E-state index in [1.165, 1.54) is 11.9 Å². The van der Waals surface area contributed by atoms with Gasteiger partial charge in [0.25, 0.3) is 0 Å². The number of halogens is 2. The van der Waals surface area contributed by atoms with Crippen LogP contribution in [0.1, 0.15) is 29.8 Å². The number of benzene rings is 1. The molecule has 0 aliphatic heterocycles. The van der Waals surface area contributed by atoms with Crippen LogP contribution in [0.5, 0.6) is 5.75 Å². The second-order valence-electron chi connectivity index (χ2n) is 6.44. The molecule has 162 valence electrons. The summed E-state index contributed by atoms with van der Waals surface area (Å²) in [5, 5.41) is 17.6. The standard InChI is InChI=1S/C20H21Cl2N7OS/c1-13(14-7-15(9-23)19(18(22)8-14)30-6-4-21)29-12-17(11-26-29)25-10-16-3-5-24-20(27-16)28-31-2/h3,5,7-8,11-13,25H,4,6,10H2,1-2H3,(H,24,27,28). The van der Waals surface area contributed by atoms with E-state index in [-0.39, 0.29) is 12.6 Å². The summed E-state index contributed by atoms with van der Waals surface area (Å²) in [6.07, 6.45) is 7.26. The fourth-order valence-electron chi connectivity index (χ4n) is 2.85. The highest BCUT2D eigenvalue weighted by atomic mass is 35.5. The van der Waals surface area contributed by atoms with E-state index in [0.717, 1.165) is 16.9 Å².